The van der Waals surface area contributed by atoms with E-state index >= 15 is 0 Å². The molecule has 0 bridgehead atoms. The van der Waals surface area contributed by atoms with Crippen LogP contribution in [0.15, 0.2) is 10.2 Å². The van der Waals surface area contributed by atoms with Crippen LogP contribution in [0.25, 0.3) is 0 Å². The third kappa shape index (κ3) is 6.16. The fourth-order valence-corrected chi connectivity index (χ4v) is 0.571. The van der Waals surface area contributed by atoms with Crippen molar-refractivity contribution >= 4 is 17.4 Å². The van der Waals surface area contributed by atoms with Crippen LogP contribution in [-0.2, 0) is 0 Å². The van der Waals surface area contributed by atoms with Gasteiger partial charge in [-0.25, -0.2) is 10.9 Å². The van der Waals surface area contributed by atoms with Gasteiger partial charge in [-0.2, -0.15) is 10.2 Å². The smallest absolute Gasteiger partial charge is 0.230 e. The third-order valence-corrected chi connectivity index (χ3v) is 2.36. The molecule has 0 aromatic rings. The molecule has 0 amide bonds. The predicted molar refractivity (Wildman–Crippen MR) is 69.9 cm³/mol. The van der Waals surface area contributed by atoms with Crippen LogP contribution in [-0.4, -0.2) is 17.4 Å². The monoisotopic (exact) mass is 225 g/mol. The first-order chi connectivity index (χ1) is 7.34. The number of nitrogens with zero attached hydrogens (tertiary/aromatic N) is 2. The maximum absolute atomic E-state index is 7.52. The summed E-state index contributed by atoms with van der Waals surface area (Å²) in [7, 11) is 0. The van der Waals surface area contributed by atoms with Gasteiger partial charge in [0.15, 0.2) is 0 Å². The van der Waals surface area contributed by atoms with Crippen LogP contribution in [0.5, 0.6) is 0 Å². The molecule has 0 fully saturated rings. The van der Waals surface area contributed by atoms with Gasteiger partial charge in [-0.15, -0.1) is 0 Å². The van der Waals surface area contributed by atoms with Crippen LogP contribution in [0.3, 0.4) is 0 Å². The number of hydrazone groups is 2. The van der Waals surface area contributed by atoms with Gasteiger partial charge in [0.25, 0.3) is 0 Å². The molecule has 92 valence electrons. The maximum atomic E-state index is 7.52. The van der Waals surface area contributed by atoms with Crippen LogP contribution >= 0.6 is 0 Å². The summed E-state index contributed by atoms with van der Waals surface area (Å²) in [4.78, 5) is 0. The Morgan fingerprint density at radius 1 is 0.875 bits per heavy atom. The van der Waals surface area contributed by atoms with Gasteiger partial charge in [-0.3, -0.25) is 5.41 Å². The van der Waals surface area contributed by atoms with Gasteiger partial charge in [-0.1, -0.05) is 27.7 Å². The van der Waals surface area contributed by atoms with Crippen LogP contribution in [0.4, 0.5) is 0 Å². The van der Waals surface area contributed by atoms with Gasteiger partial charge in [0.1, 0.15) is 0 Å². The lowest BCUT2D eigenvalue weighted by Crippen LogP contribution is -2.31. The van der Waals surface area contributed by atoms with Gasteiger partial charge in [0.2, 0.25) is 5.96 Å². The minimum Gasteiger partial charge on any atom is -0.266 e. The van der Waals surface area contributed by atoms with E-state index in [0.717, 1.165) is 11.4 Å². The molecule has 0 aromatic carbocycles. The van der Waals surface area contributed by atoms with E-state index in [1.165, 1.54) is 0 Å². The summed E-state index contributed by atoms with van der Waals surface area (Å²) in [6, 6.07) is 0. The highest BCUT2D eigenvalue weighted by atomic mass is 15.5. The lowest BCUT2D eigenvalue weighted by molar-refractivity contribution is 0.815. The SMILES string of the molecule is C/C(=N\NC(=N)N/N=C(\C)C(C)C)C(C)C. The molecule has 0 aliphatic carbocycles. The van der Waals surface area contributed by atoms with Crippen molar-refractivity contribution in [3.63, 3.8) is 0 Å². The summed E-state index contributed by atoms with van der Waals surface area (Å²) in [5.74, 6) is 0.836. The Labute approximate surface area is 97.9 Å². The molecular weight excluding hydrogens is 202 g/mol. The molecule has 5 heteroatoms. The first kappa shape index (κ1) is 14.6. The Hall–Kier alpha value is -1.39. The van der Waals surface area contributed by atoms with Crippen LogP contribution in [0.1, 0.15) is 41.5 Å². The summed E-state index contributed by atoms with van der Waals surface area (Å²) < 4.78 is 0. The zero-order valence-electron chi connectivity index (χ0n) is 11.0. The molecule has 0 aromatic heterocycles. The first-order valence-electron chi connectivity index (χ1n) is 5.53. The highest BCUT2D eigenvalue weighted by Gasteiger charge is 2.00. The first-order valence-corrected chi connectivity index (χ1v) is 5.53. The number of hydrogen-bond acceptors (Lipinski definition) is 3. The van der Waals surface area contributed by atoms with E-state index in [9.17, 15) is 0 Å². The van der Waals surface area contributed by atoms with E-state index < -0.39 is 0 Å². The Balaban J connectivity index is 4.11. The Morgan fingerprint density at radius 2 is 1.19 bits per heavy atom. The average molecular weight is 225 g/mol. The second-order valence-electron chi connectivity index (χ2n) is 4.41. The number of rotatable bonds is 4. The van der Waals surface area contributed by atoms with E-state index in [4.69, 9.17) is 5.41 Å². The molecule has 0 radical (unpaired) electrons. The highest BCUT2D eigenvalue weighted by Crippen LogP contribution is 1.95. The lowest BCUT2D eigenvalue weighted by atomic mass is 10.1. The molecule has 0 heterocycles. The molecule has 5 nitrogen and oxygen atoms in total. The van der Waals surface area contributed by atoms with E-state index in [-0.39, 0.29) is 5.96 Å². The number of hydrogen-bond donors (Lipinski definition) is 3. The second kappa shape index (κ2) is 6.98. The van der Waals surface area contributed by atoms with E-state index in [1.807, 2.05) is 13.8 Å². The standard InChI is InChI=1S/C11H23N5/c1-7(2)9(5)13-15-11(12)16-14-10(6)8(3)4/h7-8H,1-6H3,(H3,12,15,16)/b13-9+,14-10+. The van der Waals surface area contributed by atoms with Crippen molar-refractivity contribution in [3.8, 4) is 0 Å². The highest BCUT2D eigenvalue weighted by molar-refractivity contribution is 5.87. The Bertz CT molecular complexity index is 261. The van der Waals surface area contributed by atoms with Gasteiger partial charge < -0.3 is 0 Å². The minimum absolute atomic E-state index is 0.0833. The topological polar surface area (TPSA) is 72.6 Å². The summed E-state index contributed by atoms with van der Waals surface area (Å²) in [6.07, 6.45) is 0. The van der Waals surface area contributed by atoms with Crippen LogP contribution in [0, 0.1) is 17.2 Å². The fourth-order valence-electron chi connectivity index (χ4n) is 0.571. The molecule has 0 rings (SSSR count). The van der Waals surface area contributed by atoms with Gasteiger partial charge >= 0.3 is 0 Å². The van der Waals surface area contributed by atoms with Gasteiger partial charge in [-0.05, 0) is 25.7 Å². The second-order valence-corrected chi connectivity index (χ2v) is 4.41. The lowest BCUT2D eigenvalue weighted by Gasteiger charge is -2.08. The third-order valence-electron chi connectivity index (χ3n) is 2.36. The molecule has 0 saturated carbocycles. The molecule has 0 aliphatic heterocycles. The molecule has 3 N–H and O–H groups in total. The number of nitrogens with one attached hydrogen (secondary N) is 3. The zero-order chi connectivity index (χ0) is 12.7. The van der Waals surface area contributed by atoms with Gasteiger partial charge in [0.05, 0.1) is 0 Å². The summed E-state index contributed by atoms with van der Waals surface area (Å²) in [5.41, 5.74) is 7.13. The van der Waals surface area contributed by atoms with Gasteiger partial charge in [0, 0.05) is 11.4 Å². The van der Waals surface area contributed by atoms with Crippen molar-refractivity contribution in [1.82, 2.24) is 10.9 Å². The average Bonchev–Trinajstić information content (AvgIpc) is 2.21. The normalized spacial score (nSPS) is 13.2. The summed E-state index contributed by atoms with van der Waals surface area (Å²) in [5, 5.41) is 15.6. The van der Waals surface area contributed by atoms with Crippen LogP contribution < -0.4 is 10.9 Å². The Kier molecular flexibility index (Phi) is 6.37. The van der Waals surface area contributed by atoms with Crippen molar-refractivity contribution in [3.05, 3.63) is 0 Å². The summed E-state index contributed by atoms with van der Waals surface area (Å²) >= 11 is 0. The zero-order valence-corrected chi connectivity index (χ0v) is 11.0. The number of guanidine groups is 1. The molecule has 0 spiro atoms. The van der Waals surface area contributed by atoms with E-state index in [1.54, 1.807) is 0 Å². The molecule has 0 atom stereocenters. The quantitative estimate of drug-likeness (QED) is 0.390. The molecular formula is C11H23N5. The maximum Gasteiger partial charge on any atom is 0.230 e. The van der Waals surface area contributed by atoms with Crippen molar-refractivity contribution in [2.75, 3.05) is 0 Å². The van der Waals surface area contributed by atoms with E-state index in [2.05, 4.69) is 48.7 Å². The fraction of sp³-hybridized carbons (Fsp3) is 0.727. The van der Waals surface area contributed by atoms with Crippen LogP contribution in [0.2, 0.25) is 0 Å². The van der Waals surface area contributed by atoms with Crippen molar-refractivity contribution < 1.29 is 0 Å². The van der Waals surface area contributed by atoms with Crippen molar-refractivity contribution in [2.24, 2.45) is 22.0 Å². The Morgan fingerprint density at radius 3 is 1.44 bits per heavy atom. The molecule has 0 saturated heterocycles. The minimum atomic E-state index is 0.0833. The largest absolute Gasteiger partial charge is 0.266 e. The predicted octanol–water partition coefficient (Wildman–Crippen LogP) is 2.16. The molecule has 16 heavy (non-hydrogen) atoms. The molecule has 0 aliphatic rings. The van der Waals surface area contributed by atoms with Crippen molar-refractivity contribution in [1.29, 1.82) is 5.41 Å². The van der Waals surface area contributed by atoms with Crippen molar-refractivity contribution in [2.45, 2.75) is 41.5 Å². The van der Waals surface area contributed by atoms with E-state index in [0.29, 0.717) is 11.8 Å². The summed E-state index contributed by atoms with van der Waals surface area (Å²) in [6.45, 7) is 12.1. The molecule has 0 unspecified atom stereocenters.